The number of aromatic nitrogens is 1. The lowest BCUT2D eigenvalue weighted by Gasteiger charge is -2.12. The fraction of sp³-hybridized carbons (Fsp3) is 0.0952. The molecule has 0 spiro atoms. The maximum atomic E-state index is 11.9. The summed E-state index contributed by atoms with van der Waals surface area (Å²) < 4.78 is 13.2. The molecule has 0 unspecified atom stereocenters. The van der Waals surface area contributed by atoms with Crippen molar-refractivity contribution < 1.29 is 14.3 Å². The minimum absolute atomic E-state index is 0.195. The van der Waals surface area contributed by atoms with Gasteiger partial charge in [-0.2, -0.15) is 0 Å². The van der Waals surface area contributed by atoms with Crippen molar-refractivity contribution in [3.63, 3.8) is 0 Å². The normalized spacial score (nSPS) is 15.0. The average molecular weight is 487 g/mol. The summed E-state index contributed by atoms with van der Waals surface area (Å²) in [5, 5.41) is 4.65. The highest BCUT2D eigenvalue weighted by molar-refractivity contribution is 9.10. The first-order valence-electron chi connectivity index (χ1n) is 8.73. The first kappa shape index (κ1) is 19.9. The van der Waals surface area contributed by atoms with Gasteiger partial charge in [0.25, 0.3) is 5.91 Å². The molecule has 29 heavy (non-hydrogen) atoms. The molecule has 1 saturated heterocycles. The number of carbonyl (C=O) groups excluding carboxylic acids is 1. The maximum absolute atomic E-state index is 11.9. The van der Waals surface area contributed by atoms with Crippen LogP contribution in [0.4, 0.5) is 0 Å². The molecule has 1 aromatic heterocycles. The van der Waals surface area contributed by atoms with Gasteiger partial charge in [0.1, 0.15) is 29.0 Å². The summed E-state index contributed by atoms with van der Waals surface area (Å²) in [4.78, 5) is 16.6. The topological polar surface area (TPSA) is 60.5 Å². The number of hydrogen-bond donors (Lipinski definition) is 1. The van der Waals surface area contributed by atoms with Crippen LogP contribution in [0.25, 0.3) is 16.8 Å². The van der Waals surface area contributed by atoms with Crippen molar-refractivity contribution in [2.75, 3.05) is 13.2 Å². The van der Waals surface area contributed by atoms with E-state index in [9.17, 15) is 4.79 Å². The van der Waals surface area contributed by atoms with Gasteiger partial charge in [-0.1, -0.05) is 52.0 Å². The summed E-state index contributed by atoms with van der Waals surface area (Å²) in [6.45, 7) is 0.740. The Bertz CT molecular complexity index is 1130. The number of hydrogen-bond acceptors (Lipinski definition) is 6. The lowest BCUT2D eigenvalue weighted by molar-refractivity contribution is -0.115. The highest BCUT2D eigenvalue weighted by Crippen LogP contribution is 2.31. The quantitative estimate of drug-likeness (QED) is 0.302. The molecule has 0 aliphatic carbocycles. The maximum Gasteiger partial charge on any atom is 0.263 e. The van der Waals surface area contributed by atoms with Gasteiger partial charge in [0.05, 0.1) is 4.91 Å². The van der Waals surface area contributed by atoms with E-state index in [1.807, 2.05) is 48.7 Å². The van der Waals surface area contributed by atoms with Crippen LogP contribution < -0.4 is 14.8 Å². The van der Waals surface area contributed by atoms with Crippen molar-refractivity contribution in [1.82, 2.24) is 10.3 Å². The van der Waals surface area contributed by atoms with Crippen LogP contribution in [-0.2, 0) is 4.79 Å². The summed E-state index contributed by atoms with van der Waals surface area (Å²) in [5.41, 5.74) is 0.790. The fourth-order valence-corrected chi connectivity index (χ4v) is 4.26. The molecule has 1 aliphatic heterocycles. The monoisotopic (exact) mass is 486 g/mol. The third-order valence-electron chi connectivity index (χ3n) is 4.14. The summed E-state index contributed by atoms with van der Waals surface area (Å²) in [7, 11) is 0. The van der Waals surface area contributed by atoms with E-state index in [1.54, 1.807) is 12.3 Å². The number of fused-ring (bicyclic) bond motifs is 1. The van der Waals surface area contributed by atoms with Crippen LogP contribution >= 0.6 is 39.9 Å². The summed E-state index contributed by atoms with van der Waals surface area (Å²) in [6, 6.07) is 13.4. The highest BCUT2D eigenvalue weighted by Gasteiger charge is 2.22. The Balaban J connectivity index is 1.44. The van der Waals surface area contributed by atoms with Crippen LogP contribution in [0.5, 0.6) is 11.5 Å². The molecule has 1 aliphatic rings. The number of ether oxygens (including phenoxy) is 2. The largest absolute Gasteiger partial charge is 0.489 e. The van der Waals surface area contributed by atoms with Crippen LogP contribution in [0.1, 0.15) is 5.56 Å². The summed E-state index contributed by atoms with van der Waals surface area (Å²) in [5.74, 6) is 1.26. The Labute approximate surface area is 185 Å². The Hall–Kier alpha value is -2.42. The van der Waals surface area contributed by atoms with Crippen molar-refractivity contribution in [3.05, 3.63) is 69.8 Å². The molecule has 5 nitrogen and oxygen atoms in total. The molecule has 0 saturated carbocycles. The van der Waals surface area contributed by atoms with Crippen molar-refractivity contribution in [3.8, 4) is 11.5 Å². The molecule has 4 rings (SSSR count). The van der Waals surface area contributed by atoms with Crippen LogP contribution in [0.15, 0.2) is 64.2 Å². The zero-order valence-corrected chi connectivity index (χ0v) is 18.3. The van der Waals surface area contributed by atoms with Gasteiger partial charge in [0, 0.05) is 33.2 Å². The number of nitrogens with zero attached hydrogens (tertiary/aromatic N) is 1. The lowest BCUT2D eigenvalue weighted by atomic mass is 10.1. The molecule has 146 valence electrons. The number of benzene rings is 2. The van der Waals surface area contributed by atoms with Gasteiger partial charge in [-0.15, -0.1) is 0 Å². The molecular formula is C21H15BrN2O3S2. The Morgan fingerprint density at radius 3 is 2.76 bits per heavy atom. The fourth-order valence-electron chi connectivity index (χ4n) is 2.85. The second-order valence-corrected chi connectivity index (χ2v) is 8.72. The molecule has 0 atom stereocenters. The van der Waals surface area contributed by atoms with Gasteiger partial charge in [-0.3, -0.25) is 9.78 Å². The number of rotatable bonds is 6. The summed E-state index contributed by atoms with van der Waals surface area (Å²) >= 11 is 9.74. The lowest BCUT2D eigenvalue weighted by Crippen LogP contribution is -2.17. The summed E-state index contributed by atoms with van der Waals surface area (Å²) in [6.07, 6.45) is 5.33. The Morgan fingerprint density at radius 1 is 1.14 bits per heavy atom. The third kappa shape index (κ3) is 4.77. The van der Waals surface area contributed by atoms with E-state index in [2.05, 4.69) is 26.2 Å². The number of nitrogens with one attached hydrogen (secondary N) is 1. The molecule has 8 heteroatoms. The van der Waals surface area contributed by atoms with Gasteiger partial charge in [0.2, 0.25) is 0 Å². The molecule has 0 radical (unpaired) electrons. The molecule has 0 bridgehead atoms. The minimum Gasteiger partial charge on any atom is -0.489 e. The van der Waals surface area contributed by atoms with Crippen LogP contribution in [0.3, 0.4) is 0 Å². The standard InChI is InChI=1S/C21H15BrN2O3S2/c22-15-4-5-17(14(10-15)11-19-20(25)24-21(28)29-19)26-8-9-27-18-3-1-2-13-12-23-7-6-16(13)18/h1-7,10-12H,8-9H2,(H,24,25,28)/b19-11-. The van der Waals surface area contributed by atoms with Crippen molar-refractivity contribution >= 4 is 67.0 Å². The smallest absolute Gasteiger partial charge is 0.263 e. The van der Waals surface area contributed by atoms with E-state index in [4.69, 9.17) is 21.7 Å². The first-order valence-corrected chi connectivity index (χ1v) is 10.7. The van der Waals surface area contributed by atoms with Gasteiger partial charge >= 0.3 is 0 Å². The highest BCUT2D eigenvalue weighted by atomic mass is 79.9. The van der Waals surface area contributed by atoms with E-state index >= 15 is 0 Å². The molecule has 1 fully saturated rings. The predicted molar refractivity (Wildman–Crippen MR) is 123 cm³/mol. The number of carbonyl (C=O) groups is 1. The average Bonchev–Trinajstić information content (AvgIpc) is 3.03. The minimum atomic E-state index is -0.195. The zero-order valence-electron chi connectivity index (χ0n) is 15.1. The van der Waals surface area contributed by atoms with Gasteiger partial charge in [-0.05, 0) is 36.4 Å². The third-order valence-corrected chi connectivity index (χ3v) is 5.80. The number of thioether (sulfide) groups is 1. The predicted octanol–water partition coefficient (Wildman–Crippen LogP) is 4.94. The number of amides is 1. The van der Waals surface area contributed by atoms with Crippen molar-refractivity contribution in [1.29, 1.82) is 0 Å². The zero-order chi connectivity index (χ0) is 20.2. The number of pyridine rings is 1. The van der Waals surface area contributed by atoms with Crippen molar-refractivity contribution in [2.24, 2.45) is 0 Å². The number of halogens is 1. The van der Waals surface area contributed by atoms with Gasteiger partial charge in [0.15, 0.2) is 0 Å². The molecule has 1 N–H and O–H groups in total. The van der Waals surface area contributed by atoms with Gasteiger partial charge in [-0.25, -0.2) is 0 Å². The van der Waals surface area contributed by atoms with Crippen LogP contribution in [0.2, 0.25) is 0 Å². The Morgan fingerprint density at radius 2 is 1.97 bits per heavy atom. The van der Waals surface area contributed by atoms with Gasteiger partial charge < -0.3 is 14.8 Å². The second kappa shape index (κ2) is 8.94. The van der Waals surface area contributed by atoms with Crippen LogP contribution in [-0.4, -0.2) is 28.4 Å². The number of thiocarbonyl (C=S) groups is 1. The van der Waals surface area contributed by atoms with E-state index in [0.717, 1.165) is 26.6 Å². The Kier molecular flexibility index (Phi) is 6.13. The second-order valence-electron chi connectivity index (χ2n) is 6.08. The molecule has 1 amide bonds. The first-order chi connectivity index (χ1) is 14.1. The SMILES string of the molecule is O=C1NC(=S)S/C1=C\c1cc(Br)ccc1OCCOc1cccc2cnccc12. The van der Waals surface area contributed by atoms with E-state index in [-0.39, 0.29) is 5.91 Å². The molecule has 2 heterocycles. The molecule has 2 aromatic carbocycles. The molecule has 3 aromatic rings. The molecular weight excluding hydrogens is 472 g/mol. The van der Waals surface area contributed by atoms with E-state index < -0.39 is 0 Å². The van der Waals surface area contributed by atoms with Crippen LogP contribution in [0, 0.1) is 0 Å². The van der Waals surface area contributed by atoms with E-state index in [1.165, 1.54) is 11.8 Å². The van der Waals surface area contributed by atoms with Crippen molar-refractivity contribution in [2.45, 2.75) is 0 Å². The van der Waals surface area contributed by atoms with E-state index in [0.29, 0.717) is 28.2 Å².